The van der Waals surface area contributed by atoms with Gasteiger partial charge in [-0.15, -0.1) is 0 Å². The van der Waals surface area contributed by atoms with Crippen LogP contribution in [0.1, 0.15) is 17.2 Å². The average Bonchev–Trinajstić information content (AvgIpc) is 2.74. The lowest BCUT2D eigenvalue weighted by Crippen LogP contribution is -2.01. The monoisotopic (exact) mass is 338 g/mol. The third-order valence-electron chi connectivity index (χ3n) is 3.11. The zero-order valence-electron chi connectivity index (χ0n) is 9.79. The van der Waals surface area contributed by atoms with Gasteiger partial charge in [0.25, 0.3) is 0 Å². The number of hydrogen-bond acceptors (Lipinski definition) is 1. The lowest BCUT2D eigenvalue weighted by molar-refractivity contribution is 0.282. The minimum absolute atomic E-state index is 0.0530. The maximum absolute atomic E-state index is 13.6. The van der Waals surface area contributed by atoms with Crippen LogP contribution in [-0.4, -0.2) is 0 Å². The molecule has 3 rings (SSSR count). The van der Waals surface area contributed by atoms with E-state index in [1.54, 1.807) is 0 Å². The molecule has 0 saturated carbocycles. The van der Waals surface area contributed by atoms with Crippen molar-refractivity contribution in [2.75, 3.05) is 0 Å². The van der Waals surface area contributed by atoms with Gasteiger partial charge in [-0.1, -0.05) is 48.5 Å². The predicted octanol–water partition coefficient (Wildman–Crippen LogP) is 5.39. The molecule has 2 aromatic carbocycles. The van der Waals surface area contributed by atoms with Crippen LogP contribution < -0.4 is 4.74 Å². The Kier molecular flexibility index (Phi) is 3.11. The minimum atomic E-state index is -0.506. The van der Waals surface area contributed by atoms with Gasteiger partial charge in [0, 0.05) is 17.2 Å². The molecule has 0 saturated heterocycles. The molecule has 1 heterocycles. The molecule has 19 heavy (non-hydrogen) atoms. The highest BCUT2D eigenvalue weighted by Crippen LogP contribution is 2.50. The summed E-state index contributed by atoms with van der Waals surface area (Å²) < 4.78 is 19.9. The fourth-order valence-corrected chi connectivity index (χ4v) is 2.98. The summed E-state index contributed by atoms with van der Waals surface area (Å²) in [6.45, 7) is 4.05. The fourth-order valence-electron chi connectivity index (χ4n) is 2.19. The summed E-state index contributed by atoms with van der Waals surface area (Å²) in [5.41, 5.74) is 2.49. The summed E-state index contributed by atoms with van der Waals surface area (Å²) in [6, 6.07) is 11.0. The quantitative estimate of drug-likeness (QED) is 0.633. The minimum Gasteiger partial charge on any atom is -0.480 e. The second kappa shape index (κ2) is 4.66. The largest absolute Gasteiger partial charge is 0.480 e. The van der Waals surface area contributed by atoms with Crippen molar-refractivity contribution in [3.05, 3.63) is 69.4 Å². The second-order valence-electron chi connectivity index (χ2n) is 4.29. The number of rotatable bonds is 1. The highest BCUT2D eigenvalue weighted by atomic mass is 79.9. The molecule has 0 radical (unpaired) electrons. The van der Waals surface area contributed by atoms with Crippen molar-refractivity contribution in [1.82, 2.24) is 0 Å². The summed E-state index contributed by atoms with van der Waals surface area (Å²) >= 11 is 9.21. The average molecular weight is 340 g/mol. The van der Waals surface area contributed by atoms with Crippen LogP contribution in [0.4, 0.5) is 4.39 Å². The van der Waals surface area contributed by atoms with Gasteiger partial charge in [-0.3, -0.25) is 0 Å². The van der Waals surface area contributed by atoms with Gasteiger partial charge >= 0.3 is 0 Å². The molecule has 0 spiro atoms. The van der Waals surface area contributed by atoms with E-state index in [4.69, 9.17) is 16.3 Å². The van der Waals surface area contributed by atoms with Crippen molar-refractivity contribution in [3.63, 3.8) is 0 Å². The number of benzene rings is 2. The molecule has 4 heteroatoms. The van der Waals surface area contributed by atoms with E-state index in [-0.39, 0.29) is 11.1 Å². The van der Waals surface area contributed by atoms with Crippen LogP contribution in [0.3, 0.4) is 0 Å². The second-order valence-corrected chi connectivity index (χ2v) is 5.46. The van der Waals surface area contributed by atoms with E-state index in [2.05, 4.69) is 22.5 Å². The maximum Gasteiger partial charge on any atom is 0.149 e. The predicted molar refractivity (Wildman–Crippen MR) is 78.0 cm³/mol. The Hall–Kier alpha value is -1.32. The normalized spacial score (nSPS) is 17.2. The Balaban J connectivity index is 2.10. The molecule has 0 bridgehead atoms. The smallest absolute Gasteiger partial charge is 0.149 e. The molecular formula is C15H9BrClFO. The van der Waals surface area contributed by atoms with Crippen LogP contribution in [0.25, 0.3) is 5.57 Å². The van der Waals surface area contributed by atoms with Crippen LogP contribution in [0.2, 0.25) is 5.02 Å². The summed E-state index contributed by atoms with van der Waals surface area (Å²) in [4.78, 5) is 0. The first-order valence-electron chi connectivity index (χ1n) is 5.68. The van der Waals surface area contributed by atoms with E-state index >= 15 is 0 Å². The van der Waals surface area contributed by atoms with E-state index in [1.165, 1.54) is 6.07 Å². The summed E-state index contributed by atoms with van der Waals surface area (Å²) in [5, 5.41) is 0.0530. The Morgan fingerprint density at radius 1 is 1.26 bits per heavy atom. The van der Waals surface area contributed by atoms with Crippen molar-refractivity contribution in [3.8, 4) is 5.75 Å². The van der Waals surface area contributed by atoms with Gasteiger partial charge < -0.3 is 4.74 Å². The molecule has 1 nitrogen and oxygen atoms in total. The molecule has 0 aliphatic carbocycles. The molecule has 1 atom stereocenters. The van der Waals surface area contributed by atoms with Crippen molar-refractivity contribution in [2.45, 2.75) is 6.10 Å². The molecule has 1 aliphatic heterocycles. The van der Waals surface area contributed by atoms with Crippen molar-refractivity contribution in [1.29, 1.82) is 0 Å². The van der Waals surface area contributed by atoms with Crippen LogP contribution in [0.15, 0.2) is 47.4 Å². The Morgan fingerprint density at radius 2 is 1.95 bits per heavy atom. The highest BCUT2D eigenvalue weighted by molar-refractivity contribution is 9.10. The molecule has 2 aromatic rings. The fraction of sp³-hybridized carbons (Fsp3) is 0.0667. The number of fused-ring (bicyclic) bond motifs is 1. The molecule has 1 aliphatic rings. The lowest BCUT2D eigenvalue weighted by atomic mass is 9.99. The van der Waals surface area contributed by atoms with Crippen molar-refractivity contribution < 1.29 is 9.13 Å². The van der Waals surface area contributed by atoms with Gasteiger partial charge in [0.05, 0.1) is 9.50 Å². The molecule has 0 fully saturated rings. The van der Waals surface area contributed by atoms with Gasteiger partial charge in [-0.05, 0) is 21.5 Å². The molecular weight excluding hydrogens is 331 g/mol. The Bertz CT molecular complexity index is 670. The van der Waals surface area contributed by atoms with E-state index in [0.29, 0.717) is 10.2 Å². The van der Waals surface area contributed by atoms with Crippen molar-refractivity contribution >= 4 is 33.1 Å². The van der Waals surface area contributed by atoms with Gasteiger partial charge in [0.2, 0.25) is 0 Å². The molecule has 96 valence electrons. The zero-order chi connectivity index (χ0) is 13.6. The van der Waals surface area contributed by atoms with Gasteiger partial charge in [0.15, 0.2) is 0 Å². The van der Waals surface area contributed by atoms with Crippen LogP contribution in [-0.2, 0) is 0 Å². The molecule has 0 aromatic heterocycles. The van der Waals surface area contributed by atoms with E-state index < -0.39 is 5.82 Å². The first-order valence-corrected chi connectivity index (χ1v) is 6.85. The third kappa shape index (κ3) is 1.97. The summed E-state index contributed by atoms with van der Waals surface area (Å²) in [6.07, 6.45) is -0.301. The SMILES string of the molecule is C=C1c2c(cc(F)c(Cl)c2Br)OC1c1ccccc1. The Morgan fingerprint density at radius 3 is 2.63 bits per heavy atom. The molecule has 1 unspecified atom stereocenters. The van der Waals surface area contributed by atoms with Crippen LogP contribution in [0.5, 0.6) is 5.75 Å². The molecule has 0 amide bonds. The zero-order valence-corrected chi connectivity index (χ0v) is 12.1. The van der Waals surface area contributed by atoms with Crippen LogP contribution >= 0.6 is 27.5 Å². The van der Waals surface area contributed by atoms with Gasteiger partial charge in [-0.25, -0.2) is 4.39 Å². The standard InChI is InChI=1S/C15H9BrClFO/c1-8-12-11(7-10(18)14(17)13(12)16)19-15(8)9-5-3-2-4-6-9/h2-7,15H,1H2. The van der Waals surface area contributed by atoms with Gasteiger partial charge in [0.1, 0.15) is 17.7 Å². The number of hydrogen-bond donors (Lipinski definition) is 0. The summed E-state index contributed by atoms with van der Waals surface area (Å²) in [7, 11) is 0. The first kappa shape index (κ1) is 12.7. The highest BCUT2D eigenvalue weighted by Gasteiger charge is 2.32. The number of halogens is 3. The topological polar surface area (TPSA) is 9.23 Å². The van der Waals surface area contributed by atoms with E-state index in [0.717, 1.165) is 16.7 Å². The third-order valence-corrected chi connectivity index (χ3v) is 4.50. The maximum atomic E-state index is 13.6. The van der Waals surface area contributed by atoms with Crippen molar-refractivity contribution in [2.24, 2.45) is 0 Å². The van der Waals surface area contributed by atoms with E-state index in [9.17, 15) is 4.39 Å². The van der Waals surface area contributed by atoms with E-state index in [1.807, 2.05) is 30.3 Å². The molecule has 0 N–H and O–H groups in total. The Labute approximate surface area is 123 Å². The van der Waals surface area contributed by atoms with Crippen LogP contribution in [0, 0.1) is 5.82 Å². The lowest BCUT2D eigenvalue weighted by Gasteiger charge is -2.11. The van der Waals surface area contributed by atoms with Gasteiger partial charge in [-0.2, -0.15) is 0 Å². The first-order chi connectivity index (χ1) is 9.09. The number of ether oxygens (including phenoxy) is 1. The summed E-state index contributed by atoms with van der Waals surface area (Å²) in [5.74, 6) is -0.0403.